The average molecular weight is 364 g/mol. The van der Waals surface area contributed by atoms with Crippen LogP contribution in [0.2, 0.25) is 0 Å². The van der Waals surface area contributed by atoms with Crippen LogP contribution in [0.5, 0.6) is 11.5 Å². The summed E-state index contributed by atoms with van der Waals surface area (Å²) in [6.07, 6.45) is 5.66. The lowest BCUT2D eigenvalue weighted by Gasteiger charge is -2.06. The molecule has 0 amide bonds. The number of benzene rings is 2. The highest BCUT2D eigenvalue weighted by Gasteiger charge is 2.06. The van der Waals surface area contributed by atoms with Gasteiger partial charge >= 0.3 is 0 Å². The zero-order valence-corrected chi connectivity index (χ0v) is 15.4. The number of methoxy groups -OCH3 is 1. The van der Waals surface area contributed by atoms with Crippen LogP contribution >= 0.6 is 0 Å². The van der Waals surface area contributed by atoms with Gasteiger partial charge in [0.1, 0.15) is 29.7 Å². The van der Waals surface area contributed by atoms with Crippen LogP contribution in [0.25, 0.3) is 11.8 Å². The third-order valence-electron chi connectivity index (χ3n) is 4.07. The lowest BCUT2D eigenvalue weighted by molar-refractivity contribution is 0.301. The van der Waals surface area contributed by atoms with Crippen molar-refractivity contribution in [3.63, 3.8) is 0 Å². The molecule has 3 aromatic rings. The number of allylic oxidation sites excluding steroid dienone is 2. The lowest BCUT2D eigenvalue weighted by Crippen LogP contribution is -1.95. The minimum absolute atomic E-state index is 0.290. The van der Waals surface area contributed by atoms with Crippen molar-refractivity contribution in [3.05, 3.63) is 90.3 Å². The van der Waals surface area contributed by atoms with Gasteiger partial charge in [0.15, 0.2) is 0 Å². The van der Waals surface area contributed by atoms with Gasteiger partial charge in [0.05, 0.1) is 12.8 Å². The molecule has 2 aromatic carbocycles. The minimum atomic E-state index is -0.290. The maximum Gasteiger partial charge on any atom is 0.132 e. The van der Waals surface area contributed by atoms with Gasteiger partial charge in [0.2, 0.25) is 0 Å². The van der Waals surface area contributed by atoms with Gasteiger partial charge in [-0.25, -0.2) is 9.37 Å². The van der Waals surface area contributed by atoms with E-state index < -0.39 is 0 Å². The Labute approximate surface area is 158 Å². The van der Waals surface area contributed by atoms with Crippen molar-refractivity contribution in [1.82, 2.24) is 9.55 Å². The molecule has 138 valence electrons. The molecule has 0 fully saturated rings. The first-order valence-corrected chi connectivity index (χ1v) is 8.50. The SMILES string of the molecule is C=C/C(=C\n1cc(COc2ccc(F)cc2)nc1C)c1cccc(OC)c1. The van der Waals surface area contributed by atoms with E-state index in [0.29, 0.717) is 12.4 Å². The summed E-state index contributed by atoms with van der Waals surface area (Å²) < 4.78 is 25.8. The maximum absolute atomic E-state index is 13.0. The molecule has 0 unspecified atom stereocenters. The fraction of sp³-hybridized carbons (Fsp3) is 0.136. The molecule has 4 nitrogen and oxygen atoms in total. The summed E-state index contributed by atoms with van der Waals surface area (Å²) in [7, 11) is 1.64. The summed E-state index contributed by atoms with van der Waals surface area (Å²) in [6, 6.07) is 13.7. The molecule has 0 radical (unpaired) electrons. The van der Waals surface area contributed by atoms with Crippen molar-refractivity contribution in [2.45, 2.75) is 13.5 Å². The predicted molar refractivity (Wildman–Crippen MR) is 105 cm³/mol. The first kappa shape index (κ1) is 18.5. The van der Waals surface area contributed by atoms with E-state index in [0.717, 1.165) is 28.4 Å². The number of halogens is 1. The Morgan fingerprint density at radius 2 is 1.96 bits per heavy atom. The Hall–Kier alpha value is -3.34. The van der Waals surface area contributed by atoms with Gasteiger partial charge in [-0.1, -0.05) is 24.8 Å². The largest absolute Gasteiger partial charge is 0.497 e. The predicted octanol–water partition coefficient (Wildman–Crippen LogP) is 5.10. The van der Waals surface area contributed by atoms with Gasteiger partial charge in [-0.05, 0) is 54.5 Å². The second-order valence-electron chi connectivity index (χ2n) is 5.95. The van der Waals surface area contributed by atoms with Crippen molar-refractivity contribution < 1.29 is 13.9 Å². The molecule has 0 spiro atoms. The van der Waals surface area contributed by atoms with Gasteiger partial charge in [0.25, 0.3) is 0 Å². The Bertz CT molecular complexity index is 959. The molecule has 0 aliphatic heterocycles. The topological polar surface area (TPSA) is 36.3 Å². The second kappa shape index (κ2) is 8.36. The smallest absolute Gasteiger partial charge is 0.132 e. The van der Waals surface area contributed by atoms with E-state index in [-0.39, 0.29) is 5.82 Å². The zero-order valence-electron chi connectivity index (χ0n) is 15.4. The van der Waals surface area contributed by atoms with Crippen molar-refractivity contribution in [1.29, 1.82) is 0 Å². The summed E-state index contributed by atoms with van der Waals surface area (Å²) in [5.74, 6) is 1.93. The van der Waals surface area contributed by atoms with Gasteiger partial charge in [-0.2, -0.15) is 0 Å². The summed E-state index contributed by atoms with van der Waals surface area (Å²) in [5.41, 5.74) is 2.73. The quantitative estimate of drug-likeness (QED) is 0.547. The highest BCUT2D eigenvalue weighted by molar-refractivity contribution is 5.82. The molecule has 0 aliphatic rings. The molecule has 1 heterocycles. The molecule has 0 aliphatic carbocycles. The number of hydrogen-bond acceptors (Lipinski definition) is 3. The number of hydrogen-bond donors (Lipinski definition) is 0. The first-order valence-electron chi connectivity index (χ1n) is 8.50. The van der Waals surface area contributed by atoms with Crippen molar-refractivity contribution >= 4 is 11.8 Å². The third kappa shape index (κ3) is 4.64. The summed E-state index contributed by atoms with van der Waals surface area (Å²) in [6.45, 7) is 6.13. The molecule has 5 heteroatoms. The van der Waals surface area contributed by atoms with Crippen LogP contribution in [0, 0.1) is 12.7 Å². The Balaban J connectivity index is 1.78. The maximum atomic E-state index is 13.0. The van der Waals surface area contributed by atoms with Crippen LogP contribution < -0.4 is 9.47 Å². The van der Waals surface area contributed by atoms with Gasteiger partial charge < -0.3 is 14.0 Å². The van der Waals surface area contributed by atoms with Crippen LogP contribution in [0.15, 0.2) is 67.4 Å². The average Bonchev–Trinajstić information content (AvgIpc) is 3.05. The third-order valence-corrected chi connectivity index (χ3v) is 4.07. The fourth-order valence-corrected chi connectivity index (χ4v) is 2.63. The summed E-state index contributed by atoms with van der Waals surface area (Å²) in [5, 5.41) is 0. The standard InChI is InChI=1S/C22H21FN2O2/c1-4-17(18-6-5-7-22(12-18)26-3)13-25-14-20(24-16(25)2)15-27-21-10-8-19(23)9-11-21/h4-14H,1,15H2,2-3H3/b17-13+. The van der Waals surface area contributed by atoms with E-state index in [1.165, 1.54) is 12.1 Å². The van der Waals surface area contributed by atoms with E-state index in [1.807, 2.05) is 48.2 Å². The van der Waals surface area contributed by atoms with Crippen molar-refractivity contribution in [3.8, 4) is 11.5 Å². The Morgan fingerprint density at radius 3 is 2.67 bits per heavy atom. The number of aryl methyl sites for hydroxylation is 1. The van der Waals surface area contributed by atoms with Crippen LogP contribution in [0.4, 0.5) is 4.39 Å². The van der Waals surface area contributed by atoms with E-state index in [4.69, 9.17) is 9.47 Å². The molecule has 0 atom stereocenters. The van der Waals surface area contributed by atoms with Crippen molar-refractivity contribution in [2.75, 3.05) is 7.11 Å². The van der Waals surface area contributed by atoms with Crippen LogP contribution in [-0.4, -0.2) is 16.7 Å². The van der Waals surface area contributed by atoms with E-state index >= 15 is 0 Å². The molecule has 27 heavy (non-hydrogen) atoms. The monoisotopic (exact) mass is 364 g/mol. The molecule has 0 N–H and O–H groups in total. The lowest BCUT2D eigenvalue weighted by atomic mass is 10.1. The number of imidazole rings is 1. The second-order valence-corrected chi connectivity index (χ2v) is 5.95. The Morgan fingerprint density at radius 1 is 1.19 bits per heavy atom. The molecule has 3 rings (SSSR count). The summed E-state index contributed by atoms with van der Waals surface area (Å²) >= 11 is 0. The number of ether oxygens (including phenoxy) is 2. The van der Waals surface area contributed by atoms with E-state index in [1.54, 1.807) is 25.3 Å². The fourth-order valence-electron chi connectivity index (χ4n) is 2.63. The summed E-state index contributed by atoms with van der Waals surface area (Å²) in [4.78, 5) is 4.52. The van der Waals surface area contributed by atoms with Crippen LogP contribution in [-0.2, 0) is 6.61 Å². The van der Waals surface area contributed by atoms with E-state index in [2.05, 4.69) is 11.6 Å². The number of rotatable bonds is 7. The molecule has 1 aromatic heterocycles. The highest BCUT2D eigenvalue weighted by atomic mass is 19.1. The van der Waals surface area contributed by atoms with Crippen molar-refractivity contribution in [2.24, 2.45) is 0 Å². The minimum Gasteiger partial charge on any atom is -0.497 e. The van der Waals surface area contributed by atoms with Gasteiger partial charge in [-0.3, -0.25) is 0 Å². The molecule has 0 saturated heterocycles. The normalized spacial score (nSPS) is 11.3. The number of aromatic nitrogens is 2. The van der Waals surface area contributed by atoms with E-state index in [9.17, 15) is 4.39 Å². The zero-order chi connectivity index (χ0) is 19.2. The Kier molecular flexibility index (Phi) is 5.71. The molecular formula is C22H21FN2O2. The van der Waals surface area contributed by atoms with Gasteiger partial charge in [0, 0.05) is 12.4 Å². The first-order chi connectivity index (χ1) is 13.1. The molecular weight excluding hydrogens is 343 g/mol. The van der Waals surface area contributed by atoms with Crippen LogP contribution in [0.1, 0.15) is 17.1 Å². The number of nitrogens with zero attached hydrogens (tertiary/aromatic N) is 2. The molecule has 0 bridgehead atoms. The highest BCUT2D eigenvalue weighted by Crippen LogP contribution is 2.22. The molecule has 0 saturated carbocycles. The van der Waals surface area contributed by atoms with Gasteiger partial charge in [-0.15, -0.1) is 0 Å². The van der Waals surface area contributed by atoms with Crippen LogP contribution in [0.3, 0.4) is 0 Å².